The molecule has 1 atom stereocenters. The standard InChI is InChI=1S/C22H27F2N5O2/c1-5-9-22(4,25)12-26-20(30)18-14(3)28-19-21(27-13(2)10-29(18)19)31-11-15-16(23)7-6-8-17(15)24/h6-8,10H,5,9,11-12,25H2,1-4H3,(H,26,30). The number of aryl methyl sites for hydroxylation is 2. The summed E-state index contributed by atoms with van der Waals surface area (Å²) in [5.41, 5.74) is 7.14. The van der Waals surface area contributed by atoms with Gasteiger partial charge in [-0.05, 0) is 39.3 Å². The molecule has 2 heterocycles. The molecule has 7 nitrogen and oxygen atoms in total. The molecule has 0 bridgehead atoms. The normalized spacial score (nSPS) is 13.3. The molecule has 31 heavy (non-hydrogen) atoms. The van der Waals surface area contributed by atoms with Crippen molar-refractivity contribution >= 4 is 11.6 Å². The van der Waals surface area contributed by atoms with E-state index in [4.69, 9.17) is 10.5 Å². The number of imidazole rings is 1. The zero-order valence-corrected chi connectivity index (χ0v) is 18.1. The summed E-state index contributed by atoms with van der Waals surface area (Å²) in [5, 5.41) is 2.87. The molecular weight excluding hydrogens is 404 g/mol. The number of ether oxygens (including phenoxy) is 1. The Hall–Kier alpha value is -3.07. The highest BCUT2D eigenvalue weighted by molar-refractivity contribution is 5.95. The van der Waals surface area contributed by atoms with Crippen molar-refractivity contribution in [3.8, 4) is 5.88 Å². The van der Waals surface area contributed by atoms with E-state index in [0.29, 0.717) is 23.6 Å². The molecule has 3 aromatic rings. The van der Waals surface area contributed by atoms with Gasteiger partial charge in [0, 0.05) is 18.3 Å². The lowest BCUT2D eigenvalue weighted by Crippen LogP contribution is -2.47. The summed E-state index contributed by atoms with van der Waals surface area (Å²) >= 11 is 0. The highest BCUT2D eigenvalue weighted by Gasteiger charge is 2.24. The summed E-state index contributed by atoms with van der Waals surface area (Å²) in [6.07, 6.45) is 3.34. The summed E-state index contributed by atoms with van der Waals surface area (Å²) in [4.78, 5) is 21.6. The van der Waals surface area contributed by atoms with Crippen LogP contribution < -0.4 is 15.8 Å². The second kappa shape index (κ2) is 8.97. The van der Waals surface area contributed by atoms with E-state index in [9.17, 15) is 13.6 Å². The maximum atomic E-state index is 13.9. The first-order chi connectivity index (χ1) is 14.6. The Bertz CT molecular complexity index is 1090. The molecule has 0 saturated carbocycles. The SMILES string of the molecule is CCCC(C)(N)CNC(=O)c1c(C)nc2c(OCc3c(F)cccc3F)nc(C)cn12. The first-order valence-electron chi connectivity index (χ1n) is 10.1. The second-order valence-electron chi connectivity index (χ2n) is 8.00. The smallest absolute Gasteiger partial charge is 0.270 e. The minimum Gasteiger partial charge on any atom is -0.470 e. The van der Waals surface area contributed by atoms with E-state index in [1.54, 1.807) is 24.4 Å². The van der Waals surface area contributed by atoms with Crippen LogP contribution in [0.3, 0.4) is 0 Å². The number of fused-ring (bicyclic) bond motifs is 1. The molecule has 1 aromatic carbocycles. The Labute approximate surface area is 179 Å². The number of carbonyl (C=O) groups excluding carboxylic acids is 1. The van der Waals surface area contributed by atoms with E-state index < -0.39 is 17.2 Å². The molecule has 3 N–H and O–H groups in total. The molecule has 1 amide bonds. The minimum absolute atomic E-state index is 0.0828. The zero-order valence-electron chi connectivity index (χ0n) is 18.1. The molecule has 2 aromatic heterocycles. The zero-order chi connectivity index (χ0) is 22.8. The van der Waals surface area contributed by atoms with Gasteiger partial charge < -0.3 is 15.8 Å². The van der Waals surface area contributed by atoms with Crippen LogP contribution in [-0.4, -0.2) is 32.4 Å². The molecule has 0 saturated heterocycles. The van der Waals surface area contributed by atoms with Gasteiger partial charge >= 0.3 is 0 Å². The van der Waals surface area contributed by atoms with Gasteiger partial charge in [-0.15, -0.1) is 0 Å². The largest absolute Gasteiger partial charge is 0.470 e. The van der Waals surface area contributed by atoms with E-state index in [1.165, 1.54) is 6.07 Å². The number of carbonyl (C=O) groups is 1. The highest BCUT2D eigenvalue weighted by Crippen LogP contribution is 2.23. The van der Waals surface area contributed by atoms with Crippen molar-refractivity contribution in [2.75, 3.05) is 6.54 Å². The van der Waals surface area contributed by atoms with Gasteiger partial charge in [0.2, 0.25) is 5.65 Å². The average Bonchev–Trinajstić information content (AvgIpc) is 3.01. The van der Waals surface area contributed by atoms with E-state index >= 15 is 0 Å². The van der Waals surface area contributed by atoms with Crippen molar-refractivity contribution < 1.29 is 18.3 Å². The number of nitrogens with two attached hydrogens (primary N) is 1. The predicted octanol–water partition coefficient (Wildman–Crippen LogP) is 3.45. The maximum Gasteiger partial charge on any atom is 0.270 e. The Morgan fingerprint density at radius 1 is 1.26 bits per heavy atom. The number of hydrogen-bond donors (Lipinski definition) is 2. The fourth-order valence-corrected chi connectivity index (χ4v) is 3.46. The van der Waals surface area contributed by atoms with Crippen LogP contribution in [0.2, 0.25) is 0 Å². The first-order valence-corrected chi connectivity index (χ1v) is 10.1. The van der Waals surface area contributed by atoms with Gasteiger partial charge in [0.05, 0.1) is 17.0 Å². The highest BCUT2D eigenvalue weighted by atomic mass is 19.1. The number of nitrogens with one attached hydrogen (secondary N) is 1. The van der Waals surface area contributed by atoms with Crippen molar-refractivity contribution in [3.05, 3.63) is 58.7 Å². The topological polar surface area (TPSA) is 94.5 Å². The van der Waals surface area contributed by atoms with Gasteiger partial charge in [-0.1, -0.05) is 19.4 Å². The lowest BCUT2D eigenvalue weighted by molar-refractivity contribution is 0.0937. The quantitative estimate of drug-likeness (QED) is 0.570. The van der Waals surface area contributed by atoms with Gasteiger partial charge in [-0.2, -0.15) is 0 Å². The fraction of sp³-hybridized carbons (Fsp3) is 0.409. The summed E-state index contributed by atoms with van der Waals surface area (Å²) in [6, 6.07) is 3.60. The molecular formula is C22H27F2N5O2. The van der Waals surface area contributed by atoms with E-state index in [1.807, 2.05) is 13.8 Å². The average molecular weight is 431 g/mol. The van der Waals surface area contributed by atoms with Crippen LogP contribution in [0.25, 0.3) is 5.65 Å². The summed E-state index contributed by atoms with van der Waals surface area (Å²) in [7, 11) is 0. The lowest BCUT2D eigenvalue weighted by atomic mass is 9.98. The first kappa shape index (κ1) is 22.6. The fourth-order valence-electron chi connectivity index (χ4n) is 3.46. The predicted molar refractivity (Wildman–Crippen MR) is 113 cm³/mol. The molecule has 0 spiro atoms. The van der Waals surface area contributed by atoms with Crippen LogP contribution in [0, 0.1) is 25.5 Å². The second-order valence-corrected chi connectivity index (χ2v) is 8.00. The molecule has 0 fully saturated rings. The van der Waals surface area contributed by atoms with Crippen LogP contribution in [0.5, 0.6) is 5.88 Å². The molecule has 9 heteroatoms. The minimum atomic E-state index is -0.708. The monoisotopic (exact) mass is 431 g/mol. The number of nitrogens with zero attached hydrogens (tertiary/aromatic N) is 3. The molecule has 0 aliphatic rings. The van der Waals surface area contributed by atoms with Crippen molar-refractivity contribution in [3.63, 3.8) is 0 Å². The summed E-state index contributed by atoms with van der Waals surface area (Å²) in [6.45, 7) is 7.30. The van der Waals surface area contributed by atoms with E-state index in [2.05, 4.69) is 15.3 Å². The molecule has 166 valence electrons. The molecule has 0 radical (unpaired) electrons. The Morgan fingerprint density at radius 2 is 1.94 bits per heavy atom. The van der Waals surface area contributed by atoms with E-state index in [-0.39, 0.29) is 29.6 Å². The molecule has 3 rings (SSSR count). The number of aromatic nitrogens is 3. The van der Waals surface area contributed by atoms with Gasteiger partial charge in [-0.3, -0.25) is 9.20 Å². The van der Waals surface area contributed by atoms with Crippen molar-refractivity contribution in [1.82, 2.24) is 19.7 Å². The number of benzene rings is 1. The number of halogens is 2. The van der Waals surface area contributed by atoms with Gasteiger partial charge in [0.1, 0.15) is 23.9 Å². The van der Waals surface area contributed by atoms with Crippen LogP contribution in [0.15, 0.2) is 24.4 Å². The number of rotatable bonds is 8. The molecule has 0 aliphatic heterocycles. The number of amides is 1. The van der Waals surface area contributed by atoms with Gasteiger partial charge in [-0.25, -0.2) is 18.7 Å². The maximum absolute atomic E-state index is 13.9. The van der Waals surface area contributed by atoms with Gasteiger partial charge in [0.15, 0.2) is 0 Å². The Balaban J connectivity index is 1.90. The van der Waals surface area contributed by atoms with Crippen LogP contribution >= 0.6 is 0 Å². The van der Waals surface area contributed by atoms with E-state index in [0.717, 1.165) is 25.0 Å². The third kappa shape index (κ3) is 4.99. The Kier molecular flexibility index (Phi) is 6.54. The third-order valence-corrected chi connectivity index (χ3v) is 4.97. The molecule has 1 unspecified atom stereocenters. The van der Waals surface area contributed by atoms with Crippen LogP contribution in [-0.2, 0) is 6.61 Å². The Morgan fingerprint density at radius 3 is 2.58 bits per heavy atom. The lowest BCUT2D eigenvalue weighted by Gasteiger charge is -2.24. The van der Waals surface area contributed by atoms with Crippen molar-refractivity contribution in [2.24, 2.45) is 5.73 Å². The molecule has 0 aliphatic carbocycles. The van der Waals surface area contributed by atoms with Crippen molar-refractivity contribution in [2.45, 2.75) is 52.7 Å². The van der Waals surface area contributed by atoms with Gasteiger partial charge in [0.25, 0.3) is 11.8 Å². The van der Waals surface area contributed by atoms with Crippen LogP contribution in [0.4, 0.5) is 8.78 Å². The third-order valence-electron chi connectivity index (χ3n) is 4.97. The summed E-state index contributed by atoms with van der Waals surface area (Å²) in [5.74, 6) is -1.66. The summed E-state index contributed by atoms with van der Waals surface area (Å²) < 4.78 is 35.1. The number of hydrogen-bond acceptors (Lipinski definition) is 5. The van der Waals surface area contributed by atoms with Crippen molar-refractivity contribution in [1.29, 1.82) is 0 Å². The van der Waals surface area contributed by atoms with Crippen LogP contribution in [0.1, 0.15) is 54.1 Å².